The van der Waals surface area contributed by atoms with Gasteiger partial charge in [0.1, 0.15) is 5.41 Å². The van der Waals surface area contributed by atoms with Crippen LogP contribution >= 0.6 is 0 Å². The van der Waals surface area contributed by atoms with Crippen molar-refractivity contribution in [3.05, 3.63) is 30.1 Å². The number of pyridine rings is 1. The van der Waals surface area contributed by atoms with Crippen LogP contribution in [0.25, 0.3) is 0 Å². The van der Waals surface area contributed by atoms with Crippen LogP contribution in [-0.2, 0) is 11.3 Å². The summed E-state index contributed by atoms with van der Waals surface area (Å²) in [7, 11) is 0. The number of hydrogen-bond acceptors (Lipinski definition) is 3. The quantitative estimate of drug-likeness (QED) is 0.734. The standard InChI is InChI=1S/C17H25N3O/c1-4-10-17(14-18,11-5-2)16(21)20(6-3)13-15-9-7-8-12-19-15/h7-9,12H,4-6,10-11,13H2,1-3H3. The molecule has 0 saturated heterocycles. The van der Waals surface area contributed by atoms with Gasteiger partial charge in [-0.05, 0) is 31.9 Å². The second kappa shape index (κ2) is 8.41. The van der Waals surface area contributed by atoms with E-state index in [4.69, 9.17) is 0 Å². The van der Waals surface area contributed by atoms with Gasteiger partial charge in [-0.3, -0.25) is 9.78 Å². The highest BCUT2D eigenvalue weighted by molar-refractivity contribution is 5.85. The fourth-order valence-electron chi connectivity index (χ4n) is 2.67. The molecule has 0 aromatic carbocycles. The van der Waals surface area contributed by atoms with E-state index in [1.807, 2.05) is 39.0 Å². The van der Waals surface area contributed by atoms with Crippen LogP contribution in [0.2, 0.25) is 0 Å². The Bertz CT molecular complexity index is 473. The molecule has 0 N–H and O–H groups in total. The van der Waals surface area contributed by atoms with Crippen molar-refractivity contribution in [2.45, 2.75) is 53.0 Å². The largest absolute Gasteiger partial charge is 0.336 e. The van der Waals surface area contributed by atoms with Gasteiger partial charge in [0.25, 0.3) is 0 Å². The lowest BCUT2D eigenvalue weighted by Crippen LogP contribution is -2.43. The lowest BCUT2D eigenvalue weighted by atomic mass is 9.79. The van der Waals surface area contributed by atoms with Gasteiger partial charge in [0.2, 0.25) is 5.91 Å². The van der Waals surface area contributed by atoms with Crippen LogP contribution in [0.5, 0.6) is 0 Å². The maximum absolute atomic E-state index is 12.9. The van der Waals surface area contributed by atoms with E-state index in [9.17, 15) is 10.1 Å². The van der Waals surface area contributed by atoms with Gasteiger partial charge in [-0.2, -0.15) is 5.26 Å². The summed E-state index contributed by atoms with van der Waals surface area (Å²) in [6.07, 6.45) is 4.63. The zero-order chi connectivity index (χ0) is 15.7. The van der Waals surface area contributed by atoms with Gasteiger partial charge in [-0.1, -0.05) is 32.8 Å². The van der Waals surface area contributed by atoms with Gasteiger partial charge in [-0.15, -0.1) is 0 Å². The third-order valence-electron chi connectivity index (χ3n) is 3.72. The molecule has 0 radical (unpaired) electrons. The number of rotatable bonds is 8. The van der Waals surface area contributed by atoms with Crippen molar-refractivity contribution in [2.24, 2.45) is 5.41 Å². The summed E-state index contributed by atoms with van der Waals surface area (Å²) in [6.45, 7) is 7.04. The molecule has 4 heteroatoms. The van der Waals surface area contributed by atoms with Crippen molar-refractivity contribution < 1.29 is 4.79 Å². The van der Waals surface area contributed by atoms with Crippen molar-refractivity contribution in [3.63, 3.8) is 0 Å². The Morgan fingerprint density at radius 1 is 1.29 bits per heavy atom. The average molecular weight is 287 g/mol. The van der Waals surface area contributed by atoms with Crippen LogP contribution in [-0.4, -0.2) is 22.3 Å². The van der Waals surface area contributed by atoms with Crippen LogP contribution < -0.4 is 0 Å². The van der Waals surface area contributed by atoms with Crippen molar-refractivity contribution in [1.82, 2.24) is 9.88 Å². The minimum Gasteiger partial charge on any atom is -0.336 e. The Kier molecular flexibility index (Phi) is 6.87. The van der Waals surface area contributed by atoms with Crippen LogP contribution in [0.4, 0.5) is 0 Å². The van der Waals surface area contributed by atoms with E-state index in [2.05, 4.69) is 11.1 Å². The smallest absolute Gasteiger partial charge is 0.243 e. The minimum atomic E-state index is -0.881. The first-order valence-electron chi connectivity index (χ1n) is 7.74. The maximum atomic E-state index is 12.9. The number of hydrogen-bond donors (Lipinski definition) is 0. The molecule has 0 saturated carbocycles. The molecule has 1 aromatic heterocycles. The SMILES string of the molecule is CCCC(C#N)(CCC)C(=O)N(CC)Cc1ccccn1. The average Bonchev–Trinajstić information content (AvgIpc) is 2.52. The Labute approximate surface area is 127 Å². The van der Waals surface area contributed by atoms with Gasteiger partial charge in [0, 0.05) is 12.7 Å². The lowest BCUT2D eigenvalue weighted by molar-refractivity contribution is -0.140. The van der Waals surface area contributed by atoms with E-state index in [0.717, 1.165) is 18.5 Å². The number of nitriles is 1. The van der Waals surface area contributed by atoms with E-state index in [-0.39, 0.29) is 5.91 Å². The molecule has 21 heavy (non-hydrogen) atoms. The zero-order valence-electron chi connectivity index (χ0n) is 13.3. The van der Waals surface area contributed by atoms with Crippen LogP contribution in [0.15, 0.2) is 24.4 Å². The topological polar surface area (TPSA) is 57.0 Å². The van der Waals surface area contributed by atoms with Crippen molar-refractivity contribution in [1.29, 1.82) is 5.26 Å². The monoisotopic (exact) mass is 287 g/mol. The number of nitrogens with zero attached hydrogens (tertiary/aromatic N) is 3. The maximum Gasteiger partial charge on any atom is 0.243 e. The fourth-order valence-corrected chi connectivity index (χ4v) is 2.67. The summed E-state index contributed by atoms with van der Waals surface area (Å²) in [5.74, 6) is -0.0538. The van der Waals surface area contributed by atoms with Gasteiger partial charge in [0.15, 0.2) is 0 Å². The first kappa shape index (κ1) is 17.2. The highest BCUT2D eigenvalue weighted by atomic mass is 16.2. The normalized spacial score (nSPS) is 11.0. The molecule has 0 spiro atoms. The van der Waals surface area contributed by atoms with Crippen molar-refractivity contribution in [2.75, 3.05) is 6.54 Å². The third kappa shape index (κ3) is 4.29. The molecule has 0 aliphatic rings. The molecule has 1 amide bonds. The van der Waals surface area contributed by atoms with E-state index < -0.39 is 5.41 Å². The molecule has 4 nitrogen and oxygen atoms in total. The third-order valence-corrected chi connectivity index (χ3v) is 3.72. The fraction of sp³-hybridized carbons (Fsp3) is 0.588. The molecule has 0 fully saturated rings. The van der Waals surface area contributed by atoms with Crippen LogP contribution in [0.1, 0.15) is 52.1 Å². The molecular formula is C17H25N3O. The molecule has 0 bridgehead atoms. The highest BCUT2D eigenvalue weighted by Crippen LogP contribution is 2.32. The highest BCUT2D eigenvalue weighted by Gasteiger charge is 2.39. The number of aromatic nitrogens is 1. The first-order valence-corrected chi connectivity index (χ1v) is 7.74. The van der Waals surface area contributed by atoms with E-state index >= 15 is 0 Å². The predicted octanol–water partition coefficient (Wildman–Crippen LogP) is 3.54. The van der Waals surface area contributed by atoms with E-state index in [0.29, 0.717) is 25.9 Å². The molecular weight excluding hydrogens is 262 g/mol. The van der Waals surface area contributed by atoms with Crippen molar-refractivity contribution >= 4 is 5.91 Å². The molecule has 0 unspecified atom stereocenters. The second-order valence-electron chi connectivity index (χ2n) is 5.33. The van der Waals surface area contributed by atoms with E-state index in [1.165, 1.54) is 0 Å². The molecule has 1 aromatic rings. The zero-order valence-corrected chi connectivity index (χ0v) is 13.3. The van der Waals surface area contributed by atoms with Gasteiger partial charge < -0.3 is 4.90 Å². The summed E-state index contributed by atoms with van der Waals surface area (Å²) in [5, 5.41) is 9.61. The molecule has 1 rings (SSSR count). The lowest BCUT2D eigenvalue weighted by Gasteiger charge is -2.31. The van der Waals surface area contributed by atoms with Gasteiger partial charge in [0.05, 0.1) is 18.3 Å². The number of carbonyl (C=O) groups is 1. The van der Waals surface area contributed by atoms with Crippen molar-refractivity contribution in [3.8, 4) is 6.07 Å². The Balaban J connectivity index is 2.96. The van der Waals surface area contributed by atoms with E-state index in [1.54, 1.807) is 11.1 Å². The Morgan fingerprint density at radius 2 is 1.95 bits per heavy atom. The van der Waals surface area contributed by atoms with Gasteiger partial charge in [-0.25, -0.2) is 0 Å². The summed E-state index contributed by atoms with van der Waals surface area (Å²) in [5.41, 5.74) is -0.0265. The Morgan fingerprint density at radius 3 is 2.38 bits per heavy atom. The summed E-state index contributed by atoms with van der Waals surface area (Å²) in [4.78, 5) is 18.9. The Hall–Kier alpha value is -1.89. The van der Waals surface area contributed by atoms with Crippen LogP contribution in [0.3, 0.4) is 0 Å². The van der Waals surface area contributed by atoms with Crippen LogP contribution in [0, 0.1) is 16.7 Å². The molecule has 0 atom stereocenters. The minimum absolute atomic E-state index is 0.0538. The predicted molar refractivity (Wildman–Crippen MR) is 83.2 cm³/mol. The molecule has 1 heterocycles. The van der Waals surface area contributed by atoms with Gasteiger partial charge >= 0.3 is 0 Å². The number of amides is 1. The molecule has 114 valence electrons. The molecule has 0 aliphatic heterocycles. The summed E-state index contributed by atoms with van der Waals surface area (Å²) in [6, 6.07) is 7.98. The summed E-state index contributed by atoms with van der Waals surface area (Å²) < 4.78 is 0. The summed E-state index contributed by atoms with van der Waals surface area (Å²) >= 11 is 0. The number of carbonyl (C=O) groups excluding carboxylic acids is 1. The molecule has 0 aliphatic carbocycles. The first-order chi connectivity index (χ1) is 10.1. The second-order valence-corrected chi connectivity index (χ2v) is 5.33.